The molecule has 0 heterocycles. The second kappa shape index (κ2) is 8.24. The van der Waals surface area contributed by atoms with E-state index in [2.05, 4.69) is 23.5 Å². The molecule has 1 aromatic rings. The van der Waals surface area contributed by atoms with Crippen LogP contribution < -0.4 is 15.4 Å². The topological polar surface area (TPSA) is 75.4 Å². The zero-order chi connectivity index (χ0) is 15.9. The zero-order valence-corrected chi connectivity index (χ0v) is 14.0. The average Bonchev–Trinajstić information content (AvgIpc) is 2.48. The number of benzene rings is 1. The van der Waals surface area contributed by atoms with Crippen LogP contribution >= 0.6 is 0 Å². The zero-order valence-electron chi connectivity index (χ0n) is 13.2. The van der Waals surface area contributed by atoms with Gasteiger partial charge in [0.25, 0.3) is 0 Å². The predicted molar refractivity (Wildman–Crippen MR) is 89.1 cm³/mol. The summed E-state index contributed by atoms with van der Waals surface area (Å²) in [5.41, 5.74) is 6.96. The van der Waals surface area contributed by atoms with Gasteiger partial charge in [-0.3, -0.25) is 0 Å². The summed E-state index contributed by atoms with van der Waals surface area (Å²) in [6, 6.07) is 5.10. The molecule has 1 rings (SSSR count). The highest BCUT2D eigenvalue weighted by Crippen LogP contribution is 2.28. The molecule has 0 radical (unpaired) electrons. The van der Waals surface area contributed by atoms with E-state index in [-0.39, 0.29) is 4.90 Å². The largest absolute Gasteiger partial charge is 0.399 e. The molecule has 0 fully saturated rings. The summed E-state index contributed by atoms with van der Waals surface area (Å²) in [6.45, 7) is 5.97. The fourth-order valence-electron chi connectivity index (χ4n) is 2.17. The lowest BCUT2D eigenvalue weighted by Crippen LogP contribution is -2.29. The summed E-state index contributed by atoms with van der Waals surface area (Å²) < 4.78 is 26.8. The van der Waals surface area contributed by atoms with E-state index in [1.165, 1.54) is 13.1 Å². The Morgan fingerprint density at radius 3 is 2.19 bits per heavy atom. The van der Waals surface area contributed by atoms with Gasteiger partial charge in [0.05, 0.1) is 5.69 Å². The van der Waals surface area contributed by atoms with Gasteiger partial charge in [0.1, 0.15) is 4.90 Å². The van der Waals surface area contributed by atoms with Gasteiger partial charge < -0.3 is 10.6 Å². The standard InChI is InChI=1S/C15H27N3O2S/c1-4-6-10-18(11-7-5-2)14-9-8-13(16)12-15(14)21(19,20)17-3/h8-9,12,17H,4-7,10-11,16H2,1-3H3. The van der Waals surface area contributed by atoms with Crippen LogP contribution in [0.25, 0.3) is 0 Å². The maximum Gasteiger partial charge on any atom is 0.242 e. The van der Waals surface area contributed by atoms with E-state index in [1.54, 1.807) is 6.07 Å². The minimum atomic E-state index is -3.52. The second-order valence-corrected chi connectivity index (χ2v) is 6.98. The van der Waals surface area contributed by atoms with Gasteiger partial charge in [0.2, 0.25) is 10.0 Å². The van der Waals surface area contributed by atoms with Crippen molar-refractivity contribution in [1.82, 2.24) is 4.72 Å². The lowest BCUT2D eigenvalue weighted by molar-refractivity contribution is 0.587. The Hall–Kier alpha value is -1.27. The van der Waals surface area contributed by atoms with Gasteiger partial charge in [-0.05, 0) is 38.1 Å². The van der Waals surface area contributed by atoms with Gasteiger partial charge in [0, 0.05) is 18.8 Å². The molecule has 0 spiro atoms. The molecule has 6 heteroatoms. The first-order valence-corrected chi connectivity index (χ1v) is 9.02. The third kappa shape index (κ3) is 4.89. The van der Waals surface area contributed by atoms with E-state index in [4.69, 9.17) is 5.73 Å². The van der Waals surface area contributed by atoms with E-state index in [9.17, 15) is 8.42 Å². The van der Waals surface area contributed by atoms with Crippen molar-refractivity contribution in [3.8, 4) is 0 Å². The minimum Gasteiger partial charge on any atom is -0.399 e. The molecule has 0 saturated heterocycles. The summed E-state index contributed by atoms with van der Waals surface area (Å²) in [4.78, 5) is 2.41. The Bertz CT molecular complexity index is 536. The van der Waals surface area contributed by atoms with Crippen LogP contribution in [0.15, 0.2) is 23.1 Å². The van der Waals surface area contributed by atoms with Crippen LogP contribution in [0.1, 0.15) is 39.5 Å². The number of unbranched alkanes of at least 4 members (excludes halogenated alkanes) is 2. The maximum atomic E-state index is 12.2. The van der Waals surface area contributed by atoms with Crippen LogP contribution in [0.3, 0.4) is 0 Å². The number of nitrogens with one attached hydrogen (secondary N) is 1. The van der Waals surface area contributed by atoms with Crippen molar-refractivity contribution < 1.29 is 8.42 Å². The van der Waals surface area contributed by atoms with Crippen LogP contribution in [0, 0.1) is 0 Å². The molecule has 0 bridgehead atoms. The third-order valence-corrected chi connectivity index (χ3v) is 4.89. The summed E-state index contributed by atoms with van der Waals surface area (Å²) in [5, 5.41) is 0. The fraction of sp³-hybridized carbons (Fsp3) is 0.600. The number of nitrogens with two attached hydrogens (primary N) is 1. The van der Waals surface area contributed by atoms with Crippen molar-refractivity contribution in [2.24, 2.45) is 0 Å². The number of anilines is 2. The molecule has 0 atom stereocenters. The summed E-state index contributed by atoms with van der Waals surface area (Å²) in [5.74, 6) is 0. The molecular formula is C15H27N3O2S. The van der Waals surface area contributed by atoms with E-state index in [0.29, 0.717) is 5.69 Å². The summed E-state index contributed by atoms with van der Waals surface area (Å²) in [6.07, 6.45) is 4.22. The highest BCUT2D eigenvalue weighted by Gasteiger charge is 2.20. The van der Waals surface area contributed by atoms with Gasteiger partial charge in [0.15, 0.2) is 0 Å². The minimum absolute atomic E-state index is 0.261. The van der Waals surface area contributed by atoms with Gasteiger partial charge >= 0.3 is 0 Å². The first-order chi connectivity index (χ1) is 9.96. The first-order valence-electron chi connectivity index (χ1n) is 7.54. The molecule has 0 aliphatic rings. The van der Waals surface area contributed by atoms with E-state index in [1.807, 2.05) is 6.07 Å². The van der Waals surface area contributed by atoms with Crippen molar-refractivity contribution in [2.45, 2.75) is 44.4 Å². The molecule has 0 aromatic heterocycles. The van der Waals surface area contributed by atoms with Crippen molar-refractivity contribution in [1.29, 1.82) is 0 Å². The maximum absolute atomic E-state index is 12.2. The molecule has 0 saturated carbocycles. The van der Waals surface area contributed by atoms with Crippen molar-refractivity contribution in [3.05, 3.63) is 18.2 Å². The average molecular weight is 313 g/mol. The molecule has 0 aliphatic carbocycles. The highest BCUT2D eigenvalue weighted by atomic mass is 32.2. The number of nitrogen functional groups attached to an aromatic ring is 1. The quantitative estimate of drug-likeness (QED) is 0.687. The lowest BCUT2D eigenvalue weighted by atomic mass is 10.2. The molecule has 120 valence electrons. The van der Waals surface area contributed by atoms with E-state index >= 15 is 0 Å². The number of rotatable bonds is 9. The number of hydrogen-bond donors (Lipinski definition) is 2. The molecule has 3 N–H and O–H groups in total. The number of hydrogen-bond acceptors (Lipinski definition) is 4. The van der Waals surface area contributed by atoms with Gasteiger partial charge in [-0.2, -0.15) is 0 Å². The van der Waals surface area contributed by atoms with Crippen LogP contribution in [-0.2, 0) is 10.0 Å². The number of sulfonamides is 1. The van der Waals surface area contributed by atoms with Crippen molar-refractivity contribution >= 4 is 21.4 Å². The highest BCUT2D eigenvalue weighted by molar-refractivity contribution is 7.89. The Morgan fingerprint density at radius 2 is 1.71 bits per heavy atom. The molecule has 1 aromatic carbocycles. The van der Waals surface area contributed by atoms with Crippen molar-refractivity contribution in [3.63, 3.8) is 0 Å². The van der Waals surface area contributed by atoms with Gasteiger partial charge in [-0.1, -0.05) is 26.7 Å². The molecule has 0 aliphatic heterocycles. The van der Waals surface area contributed by atoms with Crippen molar-refractivity contribution in [2.75, 3.05) is 30.8 Å². The van der Waals surface area contributed by atoms with E-state index < -0.39 is 10.0 Å². The molecule has 5 nitrogen and oxygen atoms in total. The Labute approximate surface area is 128 Å². The van der Waals surface area contributed by atoms with Crippen LogP contribution in [-0.4, -0.2) is 28.6 Å². The lowest BCUT2D eigenvalue weighted by Gasteiger charge is -2.27. The van der Waals surface area contributed by atoms with Gasteiger partial charge in [-0.25, -0.2) is 13.1 Å². The monoisotopic (exact) mass is 313 g/mol. The SMILES string of the molecule is CCCCN(CCCC)c1ccc(N)cc1S(=O)(=O)NC. The predicted octanol–water partition coefficient (Wildman–Crippen LogP) is 2.58. The summed E-state index contributed by atoms with van der Waals surface area (Å²) >= 11 is 0. The molecular weight excluding hydrogens is 286 g/mol. The first kappa shape index (κ1) is 17.8. The summed E-state index contributed by atoms with van der Waals surface area (Å²) in [7, 11) is -2.10. The fourth-order valence-corrected chi connectivity index (χ4v) is 3.15. The molecule has 21 heavy (non-hydrogen) atoms. The smallest absolute Gasteiger partial charge is 0.242 e. The van der Waals surface area contributed by atoms with E-state index in [0.717, 1.165) is 44.5 Å². The Morgan fingerprint density at radius 1 is 1.14 bits per heavy atom. The molecule has 0 amide bonds. The van der Waals surface area contributed by atoms with Crippen LogP contribution in [0.4, 0.5) is 11.4 Å². The Balaban J connectivity index is 3.23. The second-order valence-electron chi connectivity index (χ2n) is 5.13. The number of nitrogens with zero attached hydrogens (tertiary/aromatic N) is 1. The van der Waals surface area contributed by atoms with Gasteiger partial charge in [-0.15, -0.1) is 0 Å². The third-order valence-electron chi connectivity index (χ3n) is 3.45. The normalized spacial score (nSPS) is 11.6. The molecule has 0 unspecified atom stereocenters. The van der Waals surface area contributed by atoms with Crippen LogP contribution in [0.5, 0.6) is 0 Å². The van der Waals surface area contributed by atoms with Crippen LogP contribution in [0.2, 0.25) is 0 Å². The Kier molecular flexibility index (Phi) is 6.98.